The molecule has 2 bridgehead atoms. The molecule has 2 amide bonds. The Labute approximate surface area is 208 Å². The van der Waals surface area contributed by atoms with Crippen LogP contribution in [0.5, 0.6) is 0 Å². The maximum absolute atomic E-state index is 14.3. The van der Waals surface area contributed by atoms with Crippen LogP contribution in [0, 0.1) is 17.8 Å². The number of aliphatic hydroxyl groups excluding tert-OH is 1. The Hall–Kier alpha value is -1.80. The van der Waals surface area contributed by atoms with Gasteiger partial charge in [-0.15, -0.1) is 24.9 Å². The highest BCUT2D eigenvalue weighted by Gasteiger charge is 2.75. The predicted molar refractivity (Wildman–Crippen MR) is 134 cm³/mol. The van der Waals surface area contributed by atoms with Crippen LogP contribution in [0.3, 0.4) is 0 Å². The SMILES string of the molecule is C=CCCOC(=O)[C@@H]1[C@H]2C(=O)N([C@@H](CO)C(C)C)C(C(=O)N(CC=C)C(C)(C)C)C23CC[C@H]1S3. The molecule has 8 heteroatoms. The second-order valence-corrected chi connectivity index (χ2v) is 12.5. The summed E-state index contributed by atoms with van der Waals surface area (Å²) in [5.41, 5.74) is -0.481. The van der Waals surface area contributed by atoms with E-state index >= 15 is 0 Å². The summed E-state index contributed by atoms with van der Waals surface area (Å²) in [6.07, 6.45) is 5.39. The zero-order valence-corrected chi connectivity index (χ0v) is 22.0. The van der Waals surface area contributed by atoms with E-state index in [1.165, 1.54) is 0 Å². The number of ether oxygens (including phenoxy) is 1. The molecule has 0 aromatic carbocycles. The summed E-state index contributed by atoms with van der Waals surface area (Å²) < 4.78 is 4.82. The molecule has 1 N–H and O–H groups in total. The number of rotatable bonds is 10. The summed E-state index contributed by atoms with van der Waals surface area (Å²) in [6.45, 7) is 17.6. The van der Waals surface area contributed by atoms with Crippen molar-refractivity contribution in [3.05, 3.63) is 25.3 Å². The molecular weight excluding hydrogens is 452 g/mol. The number of nitrogens with zero attached hydrogens (tertiary/aromatic N) is 2. The van der Waals surface area contributed by atoms with Gasteiger partial charge >= 0.3 is 5.97 Å². The predicted octanol–water partition coefficient (Wildman–Crippen LogP) is 3.03. The van der Waals surface area contributed by atoms with Gasteiger partial charge in [0, 0.05) is 17.3 Å². The average molecular weight is 493 g/mol. The van der Waals surface area contributed by atoms with Crippen molar-refractivity contribution < 1.29 is 24.2 Å². The first-order valence-corrected chi connectivity index (χ1v) is 13.1. The van der Waals surface area contributed by atoms with Gasteiger partial charge in [0.25, 0.3) is 0 Å². The molecule has 0 saturated carbocycles. The minimum Gasteiger partial charge on any atom is -0.465 e. The van der Waals surface area contributed by atoms with Crippen LogP contribution in [-0.4, -0.2) is 80.1 Å². The highest BCUT2D eigenvalue weighted by Crippen LogP contribution is 2.67. The molecule has 3 fully saturated rings. The minimum absolute atomic E-state index is 0.0447. The summed E-state index contributed by atoms with van der Waals surface area (Å²) in [5.74, 6) is -1.97. The maximum Gasteiger partial charge on any atom is 0.310 e. The van der Waals surface area contributed by atoms with Crippen LogP contribution in [0.4, 0.5) is 0 Å². The van der Waals surface area contributed by atoms with Crippen LogP contribution in [0.1, 0.15) is 53.9 Å². The van der Waals surface area contributed by atoms with Gasteiger partial charge in [-0.1, -0.05) is 26.0 Å². The molecule has 3 saturated heterocycles. The lowest BCUT2D eigenvalue weighted by Gasteiger charge is -2.44. The van der Waals surface area contributed by atoms with Crippen molar-refractivity contribution in [2.45, 2.75) is 81.5 Å². The molecule has 7 nitrogen and oxygen atoms in total. The molecule has 34 heavy (non-hydrogen) atoms. The van der Waals surface area contributed by atoms with Crippen molar-refractivity contribution in [1.29, 1.82) is 0 Å². The van der Waals surface area contributed by atoms with Gasteiger partial charge in [0.05, 0.1) is 35.8 Å². The third-order valence-corrected chi connectivity index (χ3v) is 9.46. The van der Waals surface area contributed by atoms with E-state index in [1.807, 2.05) is 34.6 Å². The third kappa shape index (κ3) is 4.32. The summed E-state index contributed by atoms with van der Waals surface area (Å²) in [5, 5.41) is 10.2. The molecule has 2 unspecified atom stereocenters. The fraction of sp³-hybridized carbons (Fsp3) is 0.731. The average Bonchev–Trinajstić information content (AvgIpc) is 3.39. The molecule has 0 radical (unpaired) electrons. The Morgan fingerprint density at radius 1 is 1.32 bits per heavy atom. The quantitative estimate of drug-likeness (QED) is 0.287. The zero-order chi connectivity index (χ0) is 25.4. The molecule has 0 aliphatic carbocycles. The Morgan fingerprint density at radius 3 is 2.53 bits per heavy atom. The van der Waals surface area contributed by atoms with E-state index in [0.717, 1.165) is 6.42 Å². The number of thioether (sulfide) groups is 1. The van der Waals surface area contributed by atoms with Gasteiger partial charge in [-0.2, -0.15) is 0 Å². The molecular formula is C26H40N2O5S. The first kappa shape index (κ1) is 26.8. The van der Waals surface area contributed by atoms with Gasteiger partial charge in [0.2, 0.25) is 11.8 Å². The van der Waals surface area contributed by atoms with Crippen LogP contribution < -0.4 is 0 Å². The number of fused-ring (bicyclic) bond motifs is 1. The number of carbonyl (C=O) groups is 3. The highest BCUT2D eigenvalue weighted by atomic mass is 32.2. The number of likely N-dealkylation sites (tertiary alicyclic amines) is 1. The van der Waals surface area contributed by atoms with Crippen molar-refractivity contribution in [3.63, 3.8) is 0 Å². The van der Waals surface area contributed by atoms with Gasteiger partial charge in [0.1, 0.15) is 6.04 Å². The van der Waals surface area contributed by atoms with Crippen molar-refractivity contribution in [2.24, 2.45) is 17.8 Å². The normalized spacial score (nSPS) is 30.9. The van der Waals surface area contributed by atoms with Crippen LogP contribution in [-0.2, 0) is 19.1 Å². The monoisotopic (exact) mass is 492 g/mol. The standard InChI is InChI=1S/C26H40N2O5S/c1-8-10-14-33-24(32)19-18-11-12-26(34-18)20(19)22(30)28(17(15-29)16(3)4)21(26)23(31)27(13-9-2)25(5,6)7/h8-9,16-21,29H,1-2,10-15H2,3-7H3/t17-,18+,19-,20-,21?,26?/m0/s1. The number of amides is 2. The Balaban J connectivity index is 2.08. The lowest BCUT2D eigenvalue weighted by atomic mass is 9.71. The first-order chi connectivity index (χ1) is 16.0. The van der Waals surface area contributed by atoms with Gasteiger partial charge in [-0.3, -0.25) is 14.4 Å². The van der Waals surface area contributed by atoms with Crippen LogP contribution in [0.25, 0.3) is 0 Å². The number of aliphatic hydroxyl groups is 1. The second kappa shape index (κ2) is 10.1. The fourth-order valence-electron chi connectivity index (χ4n) is 5.93. The molecule has 0 aromatic heterocycles. The Morgan fingerprint density at radius 2 is 2.00 bits per heavy atom. The molecule has 3 heterocycles. The van der Waals surface area contributed by atoms with Crippen LogP contribution in [0.15, 0.2) is 25.3 Å². The minimum atomic E-state index is -0.746. The lowest BCUT2D eigenvalue weighted by molar-refractivity contribution is -0.154. The zero-order valence-electron chi connectivity index (χ0n) is 21.2. The largest absolute Gasteiger partial charge is 0.465 e. The second-order valence-electron chi connectivity index (χ2n) is 10.9. The molecule has 190 valence electrons. The smallest absolute Gasteiger partial charge is 0.310 e. The lowest BCUT2D eigenvalue weighted by Crippen LogP contribution is -2.61. The van der Waals surface area contributed by atoms with E-state index in [1.54, 1.807) is 33.7 Å². The topological polar surface area (TPSA) is 87.1 Å². The van der Waals surface area contributed by atoms with E-state index in [4.69, 9.17) is 4.74 Å². The number of carbonyl (C=O) groups excluding carboxylic acids is 3. The summed E-state index contributed by atoms with van der Waals surface area (Å²) >= 11 is 1.62. The Kier molecular flexibility index (Phi) is 7.92. The Bertz CT molecular complexity index is 838. The molecule has 0 aromatic rings. The van der Waals surface area contributed by atoms with Crippen LogP contribution >= 0.6 is 11.8 Å². The highest BCUT2D eigenvalue weighted by molar-refractivity contribution is 8.02. The van der Waals surface area contributed by atoms with E-state index in [-0.39, 0.29) is 42.2 Å². The van der Waals surface area contributed by atoms with E-state index < -0.39 is 34.2 Å². The first-order valence-electron chi connectivity index (χ1n) is 12.3. The van der Waals surface area contributed by atoms with Crippen molar-refractivity contribution in [3.8, 4) is 0 Å². The molecule has 3 aliphatic heterocycles. The van der Waals surface area contributed by atoms with Crippen LogP contribution in [0.2, 0.25) is 0 Å². The van der Waals surface area contributed by atoms with Crippen molar-refractivity contribution in [1.82, 2.24) is 9.80 Å². The van der Waals surface area contributed by atoms with E-state index in [2.05, 4.69) is 13.2 Å². The molecule has 6 atom stereocenters. The van der Waals surface area contributed by atoms with Gasteiger partial charge in [-0.25, -0.2) is 0 Å². The number of hydrogen-bond acceptors (Lipinski definition) is 6. The fourth-order valence-corrected chi connectivity index (χ4v) is 8.11. The molecule has 3 aliphatic rings. The maximum atomic E-state index is 14.3. The van der Waals surface area contributed by atoms with E-state index in [9.17, 15) is 19.5 Å². The summed E-state index contributed by atoms with van der Waals surface area (Å²) in [6, 6.07) is -1.26. The van der Waals surface area contributed by atoms with Gasteiger partial charge < -0.3 is 19.6 Å². The third-order valence-electron chi connectivity index (χ3n) is 7.51. The van der Waals surface area contributed by atoms with Gasteiger partial charge in [0.15, 0.2) is 0 Å². The van der Waals surface area contributed by atoms with E-state index in [0.29, 0.717) is 19.4 Å². The number of esters is 1. The molecule has 1 spiro atoms. The van der Waals surface area contributed by atoms with Crippen molar-refractivity contribution in [2.75, 3.05) is 19.8 Å². The van der Waals surface area contributed by atoms with Gasteiger partial charge in [-0.05, 0) is 46.0 Å². The summed E-state index contributed by atoms with van der Waals surface area (Å²) in [7, 11) is 0. The number of hydrogen-bond donors (Lipinski definition) is 1. The summed E-state index contributed by atoms with van der Waals surface area (Å²) in [4.78, 5) is 44.8. The van der Waals surface area contributed by atoms with Crippen molar-refractivity contribution >= 4 is 29.5 Å². The molecule has 3 rings (SSSR count).